The van der Waals surface area contributed by atoms with E-state index in [2.05, 4.69) is 50.7 Å². The maximum absolute atomic E-state index is 10.0. The molecule has 0 aliphatic heterocycles. The zero-order valence-electron chi connectivity index (χ0n) is 17.1. The van der Waals surface area contributed by atoms with E-state index in [9.17, 15) is 5.11 Å². The van der Waals surface area contributed by atoms with Crippen LogP contribution >= 0.6 is 34.8 Å². The molecule has 0 bridgehead atoms. The van der Waals surface area contributed by atoms with Gasteiger partial charge in [-0.2, -0.15) is 0 Å². The standard InChI is InChI=1S/C24H26IN3O2S/c25-19-8-12-21(13-9-19)28-24(31)27-20-10-6-18(7-11-20)14-15-26-16-22(29)17-30-23-4-2-1-3-5-23/h1-13,22,26,29H,14-17H2,(H2,27,28,31)/t22-/m0/s1. The molecular weight excluding hydrogens is 521 g/mol. The van der Waals surface area contributed by atoms with Crippen LogP contribution in [0.25, 0.3) is 0 Å². The van der Waals surface area contributed by atoms with Crippen LogP contribution in [0.15, 0.2) is 78.9 Å². The smallest absolute Gasteiger partial charge is 0.175 e. The number of benzene rings is 3. The number of rotatable bonds is 10. The lowest BCUT2D eigenvalue weighted by atomic mass is 10.1. The van der Waals surface area contributed by atoms with Crippen molar-refractivity contribution in [3.63, 3.8) is 0 Å². The van der Waals surface area contributed by atoms with Crippen LogP contribution in [0.2, 0.25) is 0 Å². The Morgan fingerprint density at radius 1 is 0.903 bits per heavy atom. The quantitative estimate of drug-likeness (QED) is 0.168. The number of anilines is 2. The van der Waals surface area contributed by atoms with Gasteiger partial charge in [-0.1, -0.05) is 30.3 Å². The van der Waals surface area contributed by atoms with E-state index in [0.717, 1.165) is 30.1 Å². The SMILES string of the molecule is O[C@@H](CNCCc1ccc(NC(=S)Nc2ccc(I)cc2)cc1)COc1ccccc1. The molecule has 3 rings (SSSR count). The van der Waals surface area contributed by atoms with Crippen molar-refractivity contribution in [3.8, 4) is 5.75 Å². The van der Waals surface area contributed by atoms with Gasteiger partial charge in [0.1, 0.15) is 18.5 Å². The molecular formula is C24H26IN3O2S. The van der Waals surface area contributed by atoms with Crippen molar-refractivity contribution >= 4 is 51.3 Å². The van der Waals surface area contributed by atoms with Gasteiger partial charge >= 0.3 is 0 Å². The van der Waals surface area contributed by atoms with Crippen molar-refractivity contribution in [3.05, 3.63) is 88.0 Å². The summed E-state index contributed by atoms with van der Waals surface area (Å²) in [6, 6.07) is 25.7. The van der Waals surface area contributed by atoms with Crippen LogP contribution in [-0.2, 0) is 6.42 Å². The second-order valence-electron chi connectivity index (χ2n) is 7.01. The fraction of sp³-hybridized carbons (Fsp3) is 0.208. The molecule has 0 unspecified atom stereocenters. The van der Waals surface area contributed by atoms with Crippen molar-refractivity contribution in [2.75, 3.05) is 30.3 Å². The summed E-state index contributed by atoms with van der Waals surface area (Å²) >= 11 is 7.65. The molecule has 5 nitrogen and oxygen atoms in total. The summed E-state index contributed by atoms with van der Waals surface area (Å²) in [5.41, 5.74) is 3.11. The Kier molecular flexibility index (Phi) is 9.54. The highest BCUT2D eigenvalue weighted by Gasteiger charge is 2.05. The predicted molar refractivity (Wildman–Crippen MR) is 140 cm³/mol. The molecule has 1 atom stereocenters. The molecule has 0 aliphatic carbocycles. The third-order valence-electron chi connectivity index (χ3n) is 4.47. The molecule has 0 spiro atoms. The van der Waals surface area contributed by atoms with Crippen LogP contribution in [0.3, 0.4) is 0 Å². The largest absolute Gasteiger partial charge is 0.491 e. The third kappa shape index (κ3) is 8.82. The molecule has 0 aliphatic rings. The Balaban J connectivity index is 1.32. The van der Waals surface area contributed by atoms with Crippen LogP contribution in [0.1, 0.15) is 5.56 Å². The molecule has 3 aromatic carbocycles. The van der Waals surface area contributed by atoms with Gasteiger partial charge in [-0.3, -0.25) is 0 Å². The van der Waals surface area contributed by atoms with E-state index < -0.39 is 6.10 Å². The molecule has 0 radical (unpaired) electrons. The Labute approximate surface area is 202 Å². The first-order chi connectivity index (χ1) is 15.1. The minimum atomic E-state index is -0.548. The van der Waals surface area contributed by atoms with Crippen LogP contribution in [0.4, 0.5) is 11.4 Å². The zero-order chi connectivity index (χ0) is 21.9. The van der Waals surface area contributed by atoms with Crippen LogP contribution < -0.4 is 20.7 Å². The summed E-state index contributed by atoms with van der Waals surface area (Å²) in [5, 5.41) is 20.2. The predicted octanol–water partition coefficient (Wildman–Crippen LogP) is 4.67. The molecule has 0 amide bonds. The van der Waals surface area contributed by atoms with Crippen molar-refractivity contribution in [1.82, 2.24) is 5.32 Å². The van der Waals surface area contributed by atoms with E-state index in [1.165, 1.54) is 9.13 Å². The van der Waals surface area contributed by atoms with Crippen molar-refractivity contribution in [2.24, 2.45) is 0 Å². The normalized spacial score (nSPS) is 11.5. The molecule has 0 fully saturated rings. The number of aliphatic hydroxyl groups excluding tert-OH is 1. The van der Waals surface area contributed by atoms with Gasteiger partial charge in [0, 0.05) is 21.5 Å². The van der Waals surface area contributed by atoms with Gasteiger partial charge in [0.05, 0.1) is 0 Å². The summed E-state index contributed by atoms with van der Waals surface area (Å²) in [5.74, 6) is 0.767. The highest BCUT2D eigenvalue weighted by atomic mass is 127. The number of aliphatic hydroxyl groups is 1. The van der Waals surface area contributed by atoms with Gasteiger partial charge in [-0.25, -0.2) is 0 Å². The van der Waals surface area contributed by atoms with E-state index in [0.29, 0.717) is 11.7 Å². The average molecular weight is 547 g/mol. The lowest BCUT2D eigenvalue weighted by molar-refractivity contribution is 0.106. The first-order valence-corrected chi connectivity index (χ1v) is 11.6. The van der Waals surface area contributed by atoms with Crippen molar-refractivity contribution < 1.29 is 9.84 Å². The summed E-state index contributed by atoms with van der Waals surface area (Å²) in [4.78, 5) is 0. The Morgan fingerprint density at radius 3 is 2.16 bits per heavy atom. The first kappa shape index (κ1) is 23.5. The number of ether oxygens (including phenoxy) is 1. The summed E-state index contributed by atoms with van der Waals surface area (Å²) in [7, 11) is 0. The molecule has 0 aromatic heterocycles. The topological polar surface area (TPSA) is 65.5 Å². The van der Waals surface area contributed by atoms with Gasteiger partial charge < -0.3 is 25.8 Å². The van der Waals surface area contributed by atoms with E-state index in [1.807, 2.05) is 66.7 Å². The molecule has 31 heavy (non-hydrogen) atoms. The van der Waals surface area contributed by atoms with E-state index in [1.54, 1.807) is 0 Å². The minimum Gasteiger partial charge on any atom is -0.491 e. The second kappa shape index (κ2) is 12.6. The Bertz CT molecular complexity index is 937. The number of nitrogens with one attached hydrogen (secondary N) is 3. The van der Waals surface area contributed by atoms with Crippen molar-refractivity contribution in [2.45, 2.75) is 12.5 Å². The third-order valence-corrected chi connectivity index (χ3v) is 5.39. The molecule has 0 saturated heterocycles. The van der Waals surface area contributed by atoms with Gasteiger partial charge in [-0.15, -0.1) is 0 Å². The molecule has 7 heteroatoms. The minimum absolute atomic E-state index is 0.271. The molecule has 0 saturated carbocycles. The summed E-state index contributed by atoms with van der Waals surface area (Å²) < 4.78 is 6.74. The molecule has 0 heterocycles. The van der Waals surface area contributed by atoms with Gasteiger partial charge in [0.15, 0.2) is 5.11 Å². The molecule has 162 valence electrons. The summed E-state index contributed by atoms with van der Waals surface area (Å²) in [6.45, 7) is 1.54. The van der Waals surface area contributed by atoms with Gasteiger partial charge in [0.25, 0.3) is 0 Å². The average Bonchev–Trinajstić information content (AvgIpc) is 2.78. The van der Waals surface area contributed by atoms with Crippen LogP contribution in [0.5, 0.6) is 5.75 Å². The van der Waals surface area contributed by atoms with Gasteiger partial charge in [-0.05, 0) is 102 Å². The number of thiocarbonyl (C=S) groups is 1. The summed E-state index contributed by atoms with van der Waals surface area (Å²) in [6.07, 6.45) is 0.325. The van der Waals surface area contributed by atoms with Crippen LogP contribution in [-0.4, -0.2) is 36.0 Å². The number of hydrogen-bond acceptors (Lipinski definition) is 4. The molecule has 4 N–H and O–H groups in total. The maximum Gasteiger partial charge on any atom is 0.175 e. The first-order valence-electron chi connectivity index (χ1n) is 10.1. The maximum atomic E-state index is 10.0. The van der Waals surface area contributed by atoms with Crippen molar-refractivity contribution in [1.29, 1.82) is 0 Å². The monoisotopic (exact) mass is 547 g/mol. The number of hydrogen-bond donors (Lipinski definition) is 4. The number of para-hydroxylation sites is 1. The second-order valence-corrected chi connectivity index (χ2v) is 8.67. The highest BCUT2D eigenvalue weighted by molar-refractivity contribution is 14.1. The van der Waals surface area contributed by atoms with E-state index in [4.69, 9.17) is 17.0 Å². The number of halogens is 1. The fourth-order valence-electron chi connectivity index (χ4n) is 2.85. The highest BCUT2D eigenvalue weighted by Crippen LogP contribution is 2.14. The zero-order valence-corrected chi connectivity index (χ0v) is 20.0. The lowest BCUT2D eigenvalue weighted by Crippen LogP contribution is -2.32. The van der Waals surface area contributed by atoms with E-state index in [-0.39, 0.29) is 6.61 Å². The van der Waals surface area contributed by atoms with Gasteiger partial charge in [0.2, 0.25) is 0 Å². The molecule has 3 aromatic rings. The lowest BCUT2D eigenvalue weighted by Gasteiger charge is -2.13. The fourth-order valence-corrected chi connectivity index (χ4v) is 3.45. The van der Waals surface area contributed by atoms with Crippen LogP contribution in [0, 0.1) is 3.57 Å². The van der Waals surface area contributed by atoms with E-state index >= 15 is 0 Å². The Morgan fingerprint density at radius 2 is 1.52 bits per heavy atom. The Hall–Kier alpha value is -2.20.